The Labute approximate surface area is 194 Å². The lowest BCUT2D eigenvalue weighted by atomic mass is 9.94. The van der Waals surface area contributed by atoms with E-state index in [0.717, 1.165) is 0 Å². The lowest BCUT2D eigenvalue weighted by molar-refractivity contribution is -0.142. The summed E-state index contributed by atoms with van der Waals surface area (Å²) in [5.41, 5.74) is 5.98. The van der Waals surface area contributed by atoms with Gasteiger partial charge in [0.25, 0.3) is 0 Å². The number of benzene rings is 1. The van der Waals surface area contributed by atoms with Gasteiger partial charge < -0.3 is 31.9 Å². The molecule has 0 fully saturated rings. The molecule has 3 amide bonds. The second kappa shape index (κ2) is 13.4. The Kier molecular flexibility index (Phi) is 11.3. The summed E-state index contributed by atoms with van der Waals surface area (Å²) in [6, 6.07) is 2.91. The van der Waals surface area contributed by atoms with Crippen molar-refractivity contribution in [1.29, 1.82) is 0 Å². The number of phenolic OH excluding ortho intramolecular Hbond substituents is 1. The monoisotopic (exact) mass is 464 g/mol. The van der Waals surface area contributed by atoms with E-state index in [1.165, 1.54) is 12.1 Å². The van der Waals surface area contributed by atoms with Crippen LogP contribution in [0.3, 0.4) is 0 Å². The van der Waals surface area contributed by atoms with Gasteiger partial charge in [0.1, 0.15) is 23.9 Å². The summed E-state index contributed by atoms with van der Waals surface area (Å²) in [4.78, 5) is 49.6. The maximum Gasteiger partial charge on any atom is 0.326 e. The van der Waals surface area contributed by atoms with Crippen LogP contribution in [0.25, 0.3) is 0 Å². The highest BCUT2D eigenvalue weighted by atomic mass is 16.4. The molecular weight excluding hydrogens is 428 g/mol. The van der Waals surface area contributed by atoms with Gasteiger partial charge in [-0.2, -0.15) is 0 Å². The molecule has 10 heteroatoms. The smallest absolute Gasteiger partial charge is 0.326 e. The van der Waals surface area contributed by atoms with E-state index in [1.807, 2.05) is 13.8 Å². The SMILES string of the molecule is CCC(C)C(NC(=O)CN)C(=O)NC(C(=O)NC(Cc1ccc(O)cc1)C(=O)O)C(C)CC. The minimum absolute atomic E-state index is 0.00454. The molecule has 10 nitrogen and oxygen atoms in total. The number of carboxylic acid groups (broad SMARTS) is 1. The van der Waals surface area contributed by atoms with Crippen molar-refractivity contribution in [3.05, 3.63) is 29.8 Å². The van der Waals surface area contributed by atoms with Crippen LogP contribution in [0.15, 0.2) is 24.3 Å². The van der Waals surface area contributed by atoms with Gasteiger partial charge in [0.05, 0.1) is 6.54 Å². The molecule has 0 radical (unpaired) electrons. The van der Waals surface area contributed by atoms with Crippen molar-refractivity contribution in [2.75, 3.05) is 6.54 Å². The largest absolute Gasteiger partial charge is 0.508 e. The third kappa shape index (κ3) is 8.72. The highest BCUT2D eigenvalue weighted by molar-refractivity contribution is 5.94. The molecule has 0 aliphatic carbocycles. The van der Waals surface area contributed by atoms with Gasteiger partial charge in [-0.3, -0.25) is 14.4 Å². The molecule has 0 aliphatic rings. The van der Waals surface area contributed by atoms with Crippen LogP contribution >= 0.6 is 0 Å². The summed E-state index contributed by atoms with van der Waals surface area (Å²) in [5, 5.41) is 26.8. The second-order valence-corrected chi connectivity index (χ2v) is 8.28. The Morgan fingerprint density at radius 1 is 0.879 bits per heavy atom. The van der Waals surface area contributed by atoms with E-state index in [-0.39, 0.29) is 30.6 Å². The molecule has 1 aromatic carbocycles. The molecule has 1 aromatic rings. The predicted molar refractivity (Wildman–Crippen MR) is 123 cm³/mol. The second-order valence-electron chi connectivity index (χ2n) is 8.28. The van der Waals surface area contributed by atoms with Crippen LogP contribution in [0.5, 0.6) is 5.75 Å². The van der Waals surface area contributed by atoms with Crippen molar-refractivity contribution in [3.8, 4) is 5.75 Å². The summed E-state index contributed by atoms with van der Waals surface area (Å²) in [6.07, 6.45) is 1.17. The first-order valence-corrected chi connectivity index (χ1v) is 11.1. The number of carbonyl (C=O) groups excluding carboxylic acids is 3. The zero-order valence-electron chi connectivity index (χ0n) is 19.6. The van der Waals surface area contributed by atoms with Crippen LogP contribution in [-0.4, -0.2) is 58.6 Å². The number of rotatable bonds is 13. The van der Waals surface area contributed by atoms with E-state index < -0.39 is 41.8 Å². The molecular formula is C23H36N4O6. The Bertz CT molecular complexity index is 814. The molecule has 5 atom stereocenters. The average molecular weight is 465 g/mol. The van der Waals surface area contributed by atoms with E-state index in [0.29, 0.717) is 18.4 Å². The van der Waals surface area contributed by atoms with Crippen LogP contribution in [0, 0.1) is 11.8 Å². The molecule has 5 unspecified atom stereocenters. The van der Waals surface area contributed by atoms with E-state index in [9.17, 15) is 29.4 Å². The van der Waals surface area contributed by atoms with E-state index >= 15 is 0 Å². The van der Waals surface area contributed by atoms with Gasteiger partial charge in [-0.1, -0.05) is 52.7 Å². The third-order valence-electron chi connectivity index (χ3n) is 5.78. The lowest BCUT2D eigenvalue weighted by Crippen LogP contribution is -2.59. The maximum absolute atomic E-state index is 13.0. The summed E-state index contributed by atoms with van der Waals surface area (Å²) >= 11 is 0. The number of amides is 3. The highest BCUT2D eigenvalue weighted by Crippen LogP contribution is 2.14. The molecule has 0 aliphatic heterocycles. The number of carboxylic acids is 1. The number of hydrogen-bond acceptors (Lipinski definition) is 6. The molecule has 0 spiro atoms. The van der Waals surface area contributed by atoms with Gasteiger partial charge in [0.15, 0.2) is 0 Å². The molecule has 0 saturated heterocycles. The summed E-state index contributed by atoms with van der Waals surface area (Å²) in [6.45, 7) is 7.03. The molecule has 1 rings (SSSR count). The van der Waals surface area contributed by atoms with Crippen molar-refractivity contribution >= 4 is 23.7 Å². The zero-order chi connectivity index (χ0) is 25.1. The molecule has 0 aromatic heterocycles. The van der Waals surface area contributed by atoms with Gasteiger partial charge in [0.2, 0.25) is 17.7 Å². The van der Waals surface area contributed by atoms with Gasteiger partial charge in [-0.25, -0.2) is 4.79 Å². The minimum Gasteiger partial charge on any atom is -0.508 e. The number of aromatic hydroxyl groups is 1. The number of nitrogens with two attached hydrogens (primary N) is 1. The van der Waals surface area contributed by atoms with E-state index in [4.69, 9.17) is 5.73 Å². The summed E-state index contributed by atoms with van der Waals surface area (Å²) < 4.78 is 0. The van der Waals surface area contributed by atoms with Crippen LogP contribution in [0.2, 0.25) is 0 Å². The molecule has 184 valence electrons. The van der Waals surface area contributed by atoms with Crippen molar-refractivity contribution in [1.82, 2.24) is 16.0 Å². The summed E-state index contributed by atoms with van der Waals surface area (Å²) in [5.74, 6) is -3.32. The van der Waals surface area contributed by atoms with E-state index in [2.05, 4.69) is 16.0 Å². The highest BCUT2D eigenvalue weighted by Gasteiger charge is 2.33. The lowest BCUT2D eigenvalue weighted by Gasteiger charge is -2.29. The van der Waals surface area contributed by atoms with Crippen LogP contribution in [0.4, 0.5) is 0 Å². The van der Waals surface area contributed by atoms with Crippen molar-refractivity contribution in [3.63, 3.8) is 0 Å². The van der Waals surface area contributed by atoms with Gasteiger partial charge in [0, 0.05) is 6.42 Å². The van der Waals surface area contributed by atoms with Gasteiger partial charge in [-0.15, -0.1) is 0 Å². The first kappa shape index (κ1) is 27.9. The van der Waals surface area contributed by atoms with Crippen molar-refractivity contribution in [2.24, 2.45) is 17.6 Å². The topological polar surface area (TPSA) is 171 Å². The van der Waals surface area contributed by atoms with Crippen LogP contribution < -0.4 is 21.7 Å². The predicted octanol–water partition coefficient (Wildman–Crippen LogP) is 0.525. The molecule has 33 heavy (non-hydrogen) atoms. The third-order valence-corrected chi connectivity index (χ3v) is 5.78. The Balaban J connectivity index is 3.03. The number of nitrogens with one attached hydrogen (secondary N) is 3. The zero-order valence-corrected chi connectivity index (χ0v) is 19.6. The fraction of sp³-hybridized carbons (Fsp3) is 0.565. The number of aliphatic carboxylic acids is 1. The fourth-order valence-electron chi connectivity index (χ4n) is 3.21. The van der Waals surface area contributed by atoms with Gasteiger partial charge in [-0.05, 0) is 29.5 Å². The molecule has 0 bridgehead atoms. The Hall–Kier alpha value is -3.14. The Morgan fingerprint density at radius 2 is 1.36 bits per heavy atom. The van der Waals surface area contributed by atoms with Crippen LogP contribution in [-0.2, 0) is 25.6 Å². The van der Waals surface area contributed by atoms with Gasteiger partial charge >= 0.3 is 5.97 Å². The number of hydrogen-bond donors (Lipinski definition) is 6. The Morgan fingerprint density at radius 3 is 1.82 bits per heavy atom. The fourth-order valence-corrected chi connectivity index (χ4v) is 3.21. The molecule has 0 heterocycles. The average Bonchev–Trinajstić information content (AvgIpc) is 2.80. The normalized spacial score (nSPS) is 15.4. The molecule has 0 saturated carbocycles. The molecule has 7 N–H and O–H groups in total. The van der Waals surface area contributed by atoms with Crippen molar-refractivity contribution in [2.45, 2.75) is 65.1 Å². The maximum atomic E-state index is 13.0. The number of carbonyl (C=O) groups is 4. The van der Waals surface area contributed by atoms with Crippen LogP contribution in [0.1, 0.15) is 46.1 Å². The quantitative estimate of drug-likeness (QED) is 0.247. The number of phenols is 1. The van der Waals surface area contributed by atoms with E-state index in [1.54, 1.807) is 26.0 Å². The summed E-state index contributed by atoms with van der Waals surface area (Å²) in [7, 11) is 0. The van der Waals surface area contributed by atoms with Crippen molar-refractivity contribution < 1.29 is 29.4 Å². The first-order valence-electron chi connectivity index (χ1n) is 11.1. The minimum atomic E-state index is -1.23. The first-order chi connectivity index (χ1) is 15.5. The standard InChI is InChI=1S/C23H36N4O6/c1-5-13(3)19(26-18(29)12-24)22(31)27-20(14(4)6-2)21(30)25-17(23(32)33)11-15-7-9-16(28)10-8-15/h7-10,13-14,17,19-20,28H,5-6,11-12,24H2,1-4H3,(H,25,30)(H,26,29)(H,27,31)(H,32,33).